The van der Waals surface area contributed by atoms with Gasteiger partial charge in [-0.05, 0) is 67.6 Å². The van der Waals surface area contributed by atoms with E-state index in [0.717, 1.165) is 9.37 Å². The smallest absolute Gasteiger partial charge is 0.338 e. The van der Waals surface area contributed by atoms with Gasteiger partial charge in [0, 0.05) is 15.7 Å². The fraction of sp³-hybridized carbons (Fsp3) is 0.120. The second-order valence-electron chi connectivity index (χ2n) is 7.23. The Hall–Kier alpha value is -3.78. The van der Waals surface area contributed by atoms with Crippen molar-refractivity contribution in [3.63, 3.8) is 0 Å². The molecule has 0 N–H and O–H groups in total. The minimum atomic E-state index is -0.477. The number of carbonyl (C=O) groups is 4. The van der Waals surface area contributed by atoms with Crippen molar-refractivity contribution < 1.29 is 23.9 Å². The first-order valence-electron chi connectivity index (χ1n) is 10.2. The highest BCUT2D eigenvalue weighted by atomic mass is 79.9. The van der Waals surface area contributed by atoms with Gasteiger partial charge in [-0.1, -0.05) is 28.1 Å². The van der Waals surface area contributed by atoms with Gasteiger partial charge in [-0.3, -0.25) is 24.2 Å². The summed E-state index contributed by atoms with van der Waals surface area (Å²) in [4.78, 5) is 53.6. The molecule has 0 radical (unpaired) electrons. The number of hydrogen-bond acceptors (Lipinski definition) is 5. The van der Waals surface area contributed by atoms with Gasteiger partial charge in [-0.25, -0.2) is 4.79 Å². The van der Waals surface area contributed by atoms with Crippen LogP contribution in [0, 0.1) is 0 Å². The summed E-state index contributed by atoms with van der Waals surface area (Å²) in [7, 11) is 0. The van der Waals surface area contributed by atoms with E-state index < -0.39 is 23.7 Å². The summed E-state index contributed by atoms with van der Waals surface area (Å²) in [6.07, 6.45) is 0. The number of ether oxygens (including phenoxy) is 1. The molecule has 0 bridgehead atoms. The number of halogens is 1. The van der Waals surface area contributed by atoms with Crippen LogP contribution < -0.4 is 4.90 Å². The molecule has 33 heavy (non-hydrogen) atoms. The van der Waals surface area contributed by atoms with Crippen molar-refractivity contribution in [3.05, 3.63) is 99.5 Å². The monoisotopic (exact) mass is 506 g/mol. The van der Waals surface area contributed by atoms with Gasteiger partial charge in [0.05, 0.1) is 23.3 Å². The van der Waals surface area contributed by atoms with Crippen LogP contribution in [0.4, 0.5) is 5.69 Å². The summed E-state index contributed by atoms with van der Waals surface area (Å²) in [6, 6.07) is 19.6. The molecular weight excluding hydrogens is 488 g/mol. The number of hydrogen-bond donors (Lipinski definition) is 0. The Morgan fingerprint density at radius 1 is 0.848 bits per heavy atom. The van der Waals surface area contributed by atoms with E-state index in [1.54, 1.807) is 67.6 Å². The lowest BCUT2D eigenvalue weighted by Crippen LogP contribution is -2.44. The minimum Gasteiger partial charge on any atom is -0.462 e. The normalized spacial score (nSPS) is 12.5. The SMILES string of the molecule is CCOC(=O)c1ccc(N(CN2C(=O)c3ccccc3C2=O)C(=O)c2ccc(Br)cc2)cc1. The molecule has 3 aromatic rings. The Bertz CT molecular complexity index is 1200. The van der Waals surface area contributed by atoms with Crippen molar-refractivity contribution >= 4 is 45.3 Å². The van der Waals surface area contributed by atoms with E-state index in [1.807, 2.05) is 0 Å². The quantitative estimate of drug-likeness (QED) is 0.362. The highest BCUT2D eigenvalue weighted by Crippen LogP contribution is 2.26. The van der Waals surface area contributed by atoms with E-state index in [4.69, 9.17) is 4.74 Å². The summed E-state index contributed by atoms with van der Waals surface area (Å²) in [5, 5.41) is 0. The predicted octanol–water partition coefficient (Wildman–Crippen LogP) is 4.53. The summed E-state index contributed by atoms with van der Waals surface area (Å²) in [6.45, 7) is 1.68. The molecular formula is C25H19BrN2O5. The standard InChI is InChI=1S/C25H19BrN2O5/c1-2-33-25(32)17-9-13-19(14-10-17)27(22(29)16-7-11-18(26)12-8-16)15-28-23(30)20-5-3-4-6-21(20)24(28)31/h3-14H,2,15H2,1H3. The number of imide groups is 1. The van der Waals surface area contributed by atoms with Crippen LogP contribution in [0.5, 0.6) is 0 Å². The minimum absolute atomic E-state index is 0.245. The van der Waals surface area contributed by atoms with Crippen LogP contribution in [-0.2, 0) is 4.74 Å². The maximum Gasteiger partial charge on any atom is 0.338 e. The Balaban J connectivity index is 1.68. The van der Waals surface area contributed by atoms with Gasteiger partial charge < -0.3 is 4.74 Å². The Morgan fingerprint density at radius 3 is 1.94 bits per heavy atom. The predicted molar refractivity (Wildman–Crippen MR) is 125 cm³/mol. The van der Waals surface area contributed by atoms with Crippen LogP contribution in [0.25, 0.3) is 0 Å². The number of carbonyl (C=O) groups excluding carboxylic acids is 4. The topological polar surface area (TPSA) is 84.0 Å². The molecule has 0 saturated carbocycles. The van der Waals surface area contributed by atoms with Gasteiger partial charge in [-0.2, -0.15) is 0 Å². The van der Waals surface area contributed by atoms with E-state index in [2.05, 4.69) is 15.9 Å². The molecule has 7 nitrogen and oxygen atoms in total. The van der Waals surface area contributed by atoms with Gasteiger partial charge in [0.1, 0.15) is 6.67 Å². The molecule has 1 aliphatic rings. The molecule has 0 unspecified atom stereocenters. The van der Waals surface area contributed by atoms with Crippen molar-refractivity contribution in [2.45, 2.75) is 6.92 Å². The number of nitrogens with zero attached hydrogens (tertiary/aromatic N) is 2. The van der Waals surface area contributed by atoms with Crippen molar-refractivity contribution in [1.29, 1.82) is 0 Å². The third kappa shape index (κ3) is 4.42. The Morgan fingerprint density at radius 2 is 1.39 bits per heavy atom. The third-order valence-electron chi connectivity index (χ3n) is 5.19. The van der Waals surface area contributed by atoms with Gasteiger partial charge >= 0.3 is 5.97 Å². The number of anilines is 1. The van der Waals surface area contributed by atoms with Gasteiger partial charge in [0.25, 0.3) is 17.7 Å². The molecule has 3 aromatic carbocycles. The van der Waals surface area contributed by atoms with Crippen molar-refractivity contribution in [3.8, 4) is 0 Å². The fourth-order valence-corrected chi connectivity index (χ4v) is 3.78. The number of esters is 1. The van der Waals surface area contributed by atoms with Crippen LogP contribution in [0.2, 0.25) is 0 Å². The molecule has 0 fully saturated rings. The maximum atomic E-state index is 13.4. The molecule has 1 heterocycles. The summed E-state index contributed by atoms with van der Waals surface area (Å²) >= 11 is 3.35. The fourth-order valence-electron chi connectivity index (χ4n) is 3.51. The van der Waals surface area contributed by atoms with Crippen molar-refractivity contribution in [2.75, 3.05) is 18.2 Å². The van der Waals surface area contributed by atoms with Crippen molar-refractivity contribution in [2.24, 2.45) is 0 Å². The average molecular weight is 507 g/mol. The number of fused-ring (bicyclic) bond motifs is 1. The first-order valence-corrected chi connectivity index (χ1v) is 11.0. The molecule has 4 rings (SSSR count). The maximum absolute atomic E-state index is 13.4. The van der Waals surface area contributed by atoms with Gasteiger partial charge in [0.2, 0.25) is 0 Å². The molecule has 0 atom stereocenters. The van der Waals surface area contributed by atoms with Crippen molar-refractivity contribution in [1.82, 2.24) is 4.90 Å². The largest absolute Gasteiger partial charge is 0.462 e. The third-order valence-corrected chi connectivity index (χ3v) is 5.72. The molecule has 0 spiro atoms. The van der Waals surface area contributed by atoms with E-state index in [1.165, 1.54) is 17.0 Å². The number of rotatable bonds is 6. The molecule has 0 aliphatic carbocycles. The zero-order chi connectivity index (χ0) is 23.5. The molecule has 3 amide bonds. The average Bonchev–Trinajstić information content (AvgIpc) is 3.07. The molecule has 0 aromatic heterocycles. The van der Waals surface area contributed by atoms with Gasteiger partial charge in [-0.15, -0.1) is 0 Å². The Labute approximate surface area is 198 Å². The highest BCUT2D eigenvalue weighted by Gasteiger charge is 2.37. The second-order valence-corrected chi connectivity index (χ2v) is 8.15. The van der Waals surface area contributed by atoms with Crippen LogP contribution in [0.1, 0.15) is 48.4 Å². The molecule has 1 aliphatic heterocycles. The van der Waals surface area contributed by atoms with Gasteiger partial charge in [0.15, 0.2) is 0 Å². The first-order chi connectivity index (χ1) is 15.9. The van der Waals surface area contributed by atoms with E-state index in [0.29, 0.717) is 27.9 Å². The van der Waals surface area contributed by atoms with E-state index in [-0.39, 0.29) is 13.3 Å². The van der Waals surface area contributed by atoms with E-state index in [9.17, 15) is 19.2 Å². The zero-order valence-corrected chi connectivity index (χ0v) is 19.2. The van der Waals surface area contributed by atoms with Crippen LogP contribution in [0.15, 0.2) is 77.3 Å². The summed E-state index contributed by atoms with van der Waals surface area (Å²) in [5.41, 5.74) is 1.74. The summed E-state index contributed by atoms with van der Waals surface area (Å²) in [5.74, 6) is -1.81. The lowest BCUT2D eigenvalue weighted by molar-refractivity contribution is 0.0525. The second kappa shape index (κ2) is 9.38. The zero-order valence-electron chi connectivity index (χ0n) is 17.7. The van der Waals surface area contributed by atoms with E-state index >= 15 is 0 Å². The highest BCUT2D eigenvalue weighted by molar-refractivity contribution is 9.10. The lowest BCUT2D eigenvalue weighted by Gasteiger charge is -2.27. The first kappa shape index (κ1) is 22.4. The number of amides is 3. The molecule has 166 valence electrons. The van der Waals surface area contributed by atoms with Crippen LogP contribution in [-0.4, -0.2) is 41.9 Å². The number of benzene rings is 3. The van der Waals surface area contributed by atoms with Crippen LogP contribution in [0.3, 0.4) is 0 Å². The Kier molecular flexibility index (Phi) is 6.37. The molecule has 0 saturated heterocycles. The molecule has 8 heteroatoms. The lowest BCUT2D eigenvalue weighted by atomic mass is 10.1. The summed E-state index contributed by atoms with van der Waals surface area (Å²) < 4.78 is 5.82. The van der Waals surface area contributed by atoms with Crippen LogP contribution >= 0.6 is 15.9 Å².